The quantitative estimate of drug-likeness (QED) is 0.833. The van der Waals surface area contributed by atoms with E-state index >= 15 is 0 Å². The second-order valence-electron chi connectivity index (χ2n) is 6.33. The molecular weight excluding hydrogens is 332 g/mol. The third-order valence-corrected chi connectivity index (χ3v) is 5.16. The average molecular weight is 351 g/mol. The number of carboxylic acid groups (broad SMARTS) is 1. The van der Waals surface area contributed by atoms with Crippen molar-refractivity contribution in [2.45, 2.75) is 19.3 Å². The predicted octanol–water partition coefficient (Wildman–Crippen LogP) is 1.42. The number of piperazine rings is 1. The summed E-state index contributed by atoms with van der Waals surface area (Å²) in [6.07, 6.45) is 1.05. The van der Waals surface area contributed by atoms with Gasteiger partial charge in [0.1, 0.15) is 5.41 Å². The lowest BCUT2D eigenvalue weighted by Crippen LogP contribution is -2.53. The van der Waals surface area contributed by atoms with Gasteiger partial charge in [-0.25, -0.2) is 0 Å². The van der Waals surface area contributed by atoms with E-state index in [0.717, 1.165) is 5.56 Å². The minimum Gasteiger partial charge on any atom is -0.480 e. The first-order chi connectivity index (χ1) is 11.4. The van der Waals surface area contributed by atoms with Crippen molar-refractivity contribution in [3.8, 4) is 0 Å². The Morgan fingerprint density at radius 2 is 1.62 bits per heavy atom. The summed E-state index contributed by atoms with van der Waals surface area (Å²) in [4.78, 5) is 39.3. The zero-order valence-electron chi connectivity index (χ0n) is 13.2. The van der Waals surface area contributed by atoms with Crippen LogP contribution < -0.4 is 0 Å². The SMILES string of the molecule is O=C(Cc1ccccc1Cl)N1CCN(C(=O)C2(C(=O)O)CC2)CC1. The molecule has 128 valence electrons. The Kier molecular flexibility index (Phi) is 4.49. The van der Waals surface area contributed by atoms with Crippen LogP contribution in [0.3, 0.4) is 0 Å². The molecule has 1 heterocycles. The predicted molar refractivity (Wildman–Crippen MR) is 87.6 cm³/mol. The zero-order valence-corrected chi connectivity index (χ0v) is 14.0. The zero-order chi connectivity index (χ0) is 17.3. The van der Waals surface area contributed by atoms with Crippen LogP contribution in [0.2, 0.25) is 5.02 Å². The number of amides is 2. The molecule has 1 aliphatic heterocycles. The van der Waals surface area contributed by atoms with Gasteiger partial charge in [0.2, 0.25) is 11.8 Å². The van der Waals surface area contributed by atoms with Crippen molar-refractivity contribution in [3.63, 3.8) is 0 Å². The maximum Gasteiger partial charge on any atom is 0.319 e. The largest absolute Gasteiger partial charge is 0.480 e. The smallest absolute Gasteiger partial charge is 0.319 e. The van der Waals surface area contributed by atoms with E-state index in [-0.39, 0.29) is 18.2 Å². The summed E-state index contributed by atoms with van der Waals surface area (Å²) in [5, 5.41) is 9.78. The molecule has 6 nitrogen and oxygen atoms in total. The van der Waals surface area contributed by atoms with Gasteiger partial charge in [0.05, 0.1) is 6.42 Å². The topological polar surface area (TPSA) is 77.9 Å². The molecule has 1 saturated heterocycles. The molecule has 24 heavy (non-hydrogen) atoms. The van der Waals surface area contributed by atoms with E-state index in [2.05, 4.69) is 0 Å². The normalized spacial score (nSPS) is 19.0. The molecule has 1 saturated carbocycles. The minimum absolute atomic E-state index is 0.0328. The van der Waals surface area contributed by atoms with E-state index in [1.807, 2.05) is 18.2 Å². The highest BCUT2D eigenvalue weighted by molar-refractivity contribution is 6.31. The summed E-state index contributed by atoms with van der Waals surface area (Å²) in [6.45, 7) is 1.60. The molecule has 0 bridgehead atoms. The van der Waals surface area contributed by atoms with E-state index in [1.54, 1.807) is 15.9 Å². The average Bonchev–Trinajstić information content (AvgIpc) is 3.38. The van der Waals surface area contributed by atoms with Crippen LogP contribution in [0.1, 0.15) is 18.4 Å². The molecule has 1 aromatic carbocycles. The molecule has 1 aromatic rings. The third-order valence-electron chi connectivity index (χ3n) is 4.79. The number of nitrogens with zero attached hydrogens (tertiary/aromatic N) is 2. The molecule has 0 unspecified atom stereocenters. The summed E-state index contributed by atoms with van der Waals surface area (Å²) >= 11 is 6.08. The minimum atomic E-state index is -1.20. The summed E-state index contributed by atoms with van der Waals surface area (Å²) < 4.78 is 0. The Bertz CT molecular complexity index is 679. The van der Waals surface area contributed by atoms with E-state index in [4.69, 9.17) is 11.6 Å². The number of carbonyl (C=O) groups excluding carboxylic acids is 2. The van der Waals surface area contributed by atoms with E-state index in [1.165, 1.54) is 0 Å². The van der Waals surface area contributed by atoms with Gasteiger partial charge in [-0.1, -0.05) is 29.8 Å². The van der Waals surface area contributed by atoms with Crippen molar-refractivity contribution in [1.29, 1.82) is 0 Å². The van der Waals surface area contributed by atoms with Crippen LogP contribution in [-0.2, 0) is 20.8 Å². The lowest BCUT2D eigenvalue weighted by molar-refractivity contribution is -0.155. The summed E-state index contributed by atoms with van der Waals surface area (Å²) in [5.74, 6) is -1.38. The molecule has 1 N–H and O–H groups in total. The molecule has 2 amide bonds. The maximum atomic E-state index is 12.4. The Morgan fingerprint density at radius 3 is 2.17 bits per heavy atom. The molecule has 0 aromatic heterocycles. The van der Waals surface area contributed by atoms with Crippen molar-refractivity contribution < 1.29 is 19.5 Å². The number of aliphatic carboxylic acids is 1. The van der Waals surface area contributed by atoms with Crippen LogP contribution in [0, 0.1) is 5.41 Å². The fourth-order valence-electron chi connectivity index (χ4n) is 3.02. The maximum absolute atomic E-state index is 12.4. The lowest BCUT2D eigenvalue weighted by Gasteiger charge is -2.36. The standard InChI is InChI=1S/C17H19ClN2O4/c18-13-4-2-1-3-12(13)11-14(21)19-7-9-20(10-8-19)15(22)17(5-6-17)16(23)24/h1-4H,5-11H2,(H,23,24). The van der Waals surface area contributed by atoms with Crippen molar-refractivity contribution in [2.24, 2.45) is 5.41 Å². The van der Waals surface area contributed by atoms with Gasteiger partial charge in [-0.2, -0.15) is 0 Å². The fraction of sp³-hybridized carbons (Fsp3) is 0.471. The number of benzene rings is 1. The van der Waals surface area contributed by atoms with E-state index in [0.29, 0.717) is 44.0 Å². The Labute approximate surface area is 145 Å². The number of rotatable bonds is 4. The monoisotopic (exact) mass is 350 g/mol. The van der Waals surface area contributed by atoms with Crippen LogP contribution in [0.5, 0.6) is 0 Å². The van der Waals surface area contributed by atoms with Gasteiger partial charge in [-0.3, -0.25) is 14.4 Å². The van der Waals surface area contributed by atoms with Gasteiger partial charge in [-0.15, -0.1) is 0 Å². The highest BCUT2D eigenvalue weighted by Crippen LogP contribution is 2.47. The Balaban J connectivity index is 1.55. The first-order valence-electron chi connectivity index (χ1n) is 7.98. The van der Waals surface area contributed by atoms with Gasteiger partial charge >= 0.3 is 5.97 Å². The molecule has 0 radical (unpaired) electrons. The number of hydrogen-bond acceptors (Lipinski definition) is 3. The summed E-state index contributed by atoms with van der Waals surface area (Å²) in [6, 6.07) is 7.23. The van der Waals surface area contributed by atoms with Crippen molar-refractivity contribution in [1.82, 2.24) is 9.80 Å². The molecule has 1 aliphatic carbocycles. The van der Waals surface area contributed by atoms with E-state index in [9.17, 15) is 19.5 Å². The van der Waals surface area contributed by atoms with Crippen LogP contribution in [-0.4, -0.2) is 58.9 Å². The summed E-state index contributed by atoms with van der Waals surface area (Å²) in [5.41, 5.74) is -0.422. The molecular formula is C17H19ClN2O4. The van der Waals surface area contributed by atoms with E-state index < -0.39 is 11.4 Å². The lowest BCUT2D eigenvalue weighted by atomic mass is 10.1. The molecule has 2 fully saturated rings. The molecule has 7 heteroatoms. The third kappa shape index (κ3) is 3.11. The first kappa shape index (κ1) is 16.8. The van der Waals surface area contributed by atoms with Gasteiger partial charge in [0.15, 0.2) is 0 Å². The first-order valence-corrected chi connectivity index (χ1v) is 8.36. The highest BCUT2D eigenvalue weighted by atomic mass is 35.5. The summed E-state index contributed by atoms with van der Waals surface area (Å²) in [7, 11) is 0. The van der Waals surface area contributed by atoms with Gasteiger partial charge in [0, 0.05) is 31.2 Å². The Morgan fingerprint density at radius 1 is 1.04 bits per heavy atom. The number of carbonyl (C=O) groups is 3. The van der Waals surface area contributed by atoms with Crippen LogP contribution in [0.25, 0.3) is 0 Å². The molecule has 2 aliphatic rings. The van der Waals surface area contributed by atoms with Gasteiger partial charge in [0.25, 0.3) is 0 Å². The Hall–Kier alpha value is -2.08. The highest BCUT2D eigenvalue weighted by Gasteiger charge is 2.58. The van der Waals surface area contributed by atoms with Gasteiger partial charge < -0.3 is 14.9 Å². The second-order valence-corrected chi connectivity index (χ2v) is 6.74. The molecule has 0 atom stereocenters. The van der Waals surface area contributed by atoms with Crippen LogP contribution >= 0.6 is 11.6 Å². The van der Waals surface area contributed by atoms with Gasteiger partial charge in [-0.05, 0) is 24.5 Å². The fourth-order valence-corrected chi connectivity index (χ4v) is 3.22. The molecule has 0 spiro atoms. The van der Waals surface area contributed by atoms with Crippen LogP contribution in [0.15, 0.2) is 24.3 Å². The number of halogens is 1. The molecule has 3 rings (SSSR count). The van der Waals surface area contributed by atoms with Crippen molar-refractivity contribution in [2.75, 3.05) is 26.2 Å². The number of carboxylic acids is 1. The number of hydrogen-bond donors (Lipinski definition) is 1. The van der Waals surface area contributed by atoms with Crippen molar-refractivity contribution >= 4 is 29.4 Å². The van der Waals surface area contributed by atoms with Crippen LogP contribution in [0.4, 0.5) is 0 Å². The van der Waals surface area contributed by atoms with Crippen molar-refractivity contribution in [3.05, 3.63) is 34.9 Å². The second kappa shape index (κ2) is 6.43.